The summed E-state index contributed by atoms with van der Waals surface area (Å²) < 4.78 is 3.84. The van der Waals surface area contributed by atoms with E-state index in [0.717, 1.165) is 34.6 Å². The van der Waals surface area contributed by atoms with Crippen LogP contribution in [0, 0.1) is 0 Å². The second-order valence-corrected chi connectivity index (χ2v) is 6.34. The third-order valence-electron chi connectivity index (χ3n) is 2.95. The van der Waals surface area contributed by atoms with Gasteiger partial charge in [0, 0.05) is 13.6 Å². The molecular formula is C12H15N7S2. The normalized spacial score (nSPS) is 11.1. The second kappa shape index (κ2) is 6.35. The highest BCUT2D eigenvalue weighted by molar-refractivity contribution is 7.98. The van der Waals surface area contributed by atoms with Gasteiger partial charge in [-0.05, 0) is 28.3 Å². The fourth-order valence-corrected chi connectivity index (χ4v) is 3.49. The van der Waals surface area contributed by atoms with Crippen molar-refractivity contribution >= 4 is 23.1 Å². The second-order valence-electron chi connectivity index (χ2n) is 4.45. The van der Waals surface area contributed by atoms with Crippen molar-refractivity contribution < 1.29 is 0 Å². The van der Waals surface area contributed by atoms with Gasteiger partial charge < -0.3 is 4.57 Å². The highest BCUT2D eigenvalue weighted by atomic mass is 32.2. The zero-order valence-electron chi connectivity index (χ0n) is 11.8. The summed E-state index contributed by atoms with van der Waals surface area (Å²) in [5, 5.41) is 23.2. The fraction of sp³-hybridized carbons (Fsp3) is 0.417. The van der Waals surface area contributed by atoms with Gasteiger partial charge in [0.25, 0.3) is 0 Å². The topological polar surface area (TPSA) is 74.3 Å². The van der Waals surface area contributed by atoms with E-state index in [1.165, 1.54) is 0 Å². The standard InChI is InChI=1S/C12H15N7S2/c1-3-6-19-10(13-16-17-19)8-21-12-15-14-11(18(12)2)9-5-4-7-20-9/h4-5,7H,3,6,8H2,1-2H3. The van der Waals surface area contributed by atoms with Crippen LogP contribution in [0.1, 0.15) is 19.2 Å². The Bertz CT molecular complexity index is 701. The van der Waals surface area contributed by atoms with E-state index >= 15 is 0 Å². The summed E-state index contributed by atoms with van der Waals surface area (Å²) in [5.74, 6) is 2.44. The summed E-state index contributed by atoms with van der Waals surface area (Å²) in [7, 11) is 1.98. The molecule has 3 heterocycles. The molecule has 0 radical (unpaired) electrons. The largest absolute Gasteiger partial charge is 0.304 e. The Balaban J connectivity index is 1.73. The number of nitrogens with zero attached hydrogens (tertiary/aromatic N) is 7. The SMILES string of the molecule is CCCn1nnnc1CSc1nnc(-c2cccs2)n1C. The van der Waals surface area contributed by atoms with Crippen LogP contribution in [0.15, 0.2) is 22.7 Å². The molecule has 0 aliphatic rings. The number of aromatic nitrogens is 7. The molecule has 0 amide bonds. The van der Waals surface area contributed by atoms with Crippen molar-refractivity contribution in [2.24, 2.45) is 7.05 Å². The van der Waals surface area contributed by atoms with Gasteiger partial charge in [-0.25, -0.2) is 4.68 Å². The molecule has 0 spiro atoms. The molecule has 21 heavy (non-hydrogen) atoms. The molecule has 0 bridgehead atoms. The summed E-state index contributed by atoms with van der Waals surface area (Å²) >= 11 is 3.25. The average Bonchev–Trinajstić information content (AvgIpc) is 3.19. The van der Waals surface area contributed by atoms with Gasteiger partial charge in [-0.1, -0.05) is 24.8 Å². The summed E-state index contributed by atoms with van der Waals surface area (Å²) in [5.41, 5.74) is 0. The van der Waals surface area contributed by atoms with Crippen molar-refractivity contribution in [1.29, 1.82) is 0 Å². The predicted molar refractivity (Wildman–Crippen MR) is 82.0 cm³/mol. The quantitative estimate of drug-likeness (QED) is 0.648. The number of hydrogen-bond acceptors (Lipinski definition) is 7. The Kier molecular flexibility index (Phi) is 4.30. The molecule has 9 heteroatoms. The lowest BCUT2D eigenvalue weighted by Gasteiger charge is -2.03. The Morgan fingerprint density at radius 3 is 2.95 bits per heavy atom. The van der Waals surface area contributed by atoms with E-state index in [0.29, 0.717) is 5.75 Å². The molecule has 3 rings (SSSR count). The van der Waals surface area contributed by atoms with Crippen LogP contribution in [-0.4, -0.2) is 35.0 Å². The van der Waals surface area contributed by atoms with Crippen LogP contribution in [0.4, 0.5) is 0 Å². The summed E-state index contributed by atoms with van der Waals surface area (Å²) in [6, 6.07) is 4.06. The Morgan fingerprint density at radius 1 is 1.29 bits per heavy atom. The molecule has 0 aromatic carbocycles. The summed E-state index contributed by atoms with van der Waals surface area (Å²) in [4.78, 5) is 1.12. The third-order valence-corrected chi connectivity index (χ3v) is 4.83. The first-order valence-electron chi connectivity index (χ1n) is 6.60. The Morgan fingerprint density at radius 2 is 2.19 bits per heavy atom. The first-order valence-corrected chi connectivity index (χ1v) is 8.47. The van der Waals surface area contributed by atoms with Gasteiger partial charge in [0.2, 0.25) is 0 Å². The van der Waals surface area contributed by atoms with Crippen LogP contribution in [0.3, 0.4) is 0 Å². The lowest BCUT2D eigenvalue weighted by atomic mass is 10.4. The maximum atomic E-state index is 4.26. The fourth-order valence-electron chi connectivity index (χ4n) is 1.90. The number of thioether (sulfide) groups is 1. The molecule has 0 atom stereocenters. The van der Waals surface area contributed by atoms with E-state index < -0.39 is 0 Å². The number of aryl methyl sites for hydroxylation is 1. The summed E-state index contributed by atoms with van der Waals surface area (Å²) in [6.45, 7) is 2.94. The van der Waals surface area contributed by atoms with E-state index in [4.69, 9.17) is 0 Å². The molecular weight excluding hydrogens is 306 g/mol. The van der Waals surface area contributed by atoms with Crippen LogP contribution >= 0.6 is 23.1 Å². The van der Waals surface area contributed by atoms with Gasteiger partial charge >= 0.3 is 0 Å². The van der Waals surface area contributed by atoms with E-state index in [1.54, 1.807) is 23.1 Å². The average molecular weight is 321 g/mol. The molecule has 0 aliphatic heterocycles. The van der Waals surface area contributed by atoms with E-state index in [-0.39, 0.29) is 0 Å². The third kappa shape index (κ3) is 2.98. The van der Waals surface area contributed by atoms with Gasteiger partial charge in [-0.3, -0.25) is 0 Å². The van der Waals surface area contributed by atoms with Gasteiger partial charge in [-0.2, -0.15) is 0 Å². The van der Waals surface area contributed by atoms with Crippen LogP contribution in [0.25, 0.3) is 10.7 Å². The van der Waals surface area contributed by atoms with Gasteiger partial charge in [0.1, 0.15) is 0 Å². The molecule has 0 saturated heterocycles. The Labute approximate surface area is 130 Å². The molecule has 0 aliphatic carbocycles. The summed E-state index contributed by atoms with van der Waals surface area (Å²) in [6.07, 6.45) is 1.01. The molecule has 110 valence electrons. The minimum absolute atomic E-state index is 0.684. The van der Waals surface area contributed by atoms with Crippen molar-refractivity contribution in [1.82, 2.24) is 35.0 Å². The van der Waals surface area contributed by atoms with E-state index in [9.17, 15) is 0 Å². The van der Waals surface area contributed by atoms with Crippen molar-refractivity contribution in [3.63, 3.8) is 0 Å². The van der Waals surface area contributed by atoms with Crippen LogP contribution in [-0.2, 0) is 19.3 Å². The van der Waals surface area contributed by atoms with Crippen molar-refractivity contribution in [2.45, 2.75) is 30.8 Å². The molecule has 7 nitrogen and oxygen atoms in total. The van der Waals surface area contributed by atoms with E-state index in [2.05, 4.69) is 32.6 Å². The van der Waals surface area contributed by atoms with Crippen molar-refractivity contribution in [2.75, 3.05) is 0 Å². The zero-order chi connectivity index (χ0) is 14.7. The van der Waals surface area contributed by atoms with Crippen molar-refractivity contribution in [3.8, 4) is 10.7 Å². The smallest absolute Gasteiger partial charge is 0.191 e. The Hall–Kier alpha value is -1.74. The highest BCUT2D eigenvalue weighted by Crippen LogP contribution is 2.27. The van der Waals surface area contributed by atoms with Crippen LogP contribution < -0.4 is 0 Å². The van der Waals surface area contributed by atoms with Gasteiger partial charge in [0.15, 0.2) is 16.8 Å². The maximum Gasteiger partial charge on any atom is 0.191 e. The number of rotatable bonds is 6. The molecule has 0 saturated carbocycles. The minimum Gasteiger partial charge on any atom is -0.304 e. The van der Waals surface area contributed by atoms with Crippen LogP contribution in [0.5, 0.6) is 0 Å². The highest BCUT2D eigenvalue weighted by Gasteiger charge is 2.13. The van der Waals surface area contributed by atoms with Gasteiger partial charge in [0.05, 0.1) is 10.6 Å². The molecule has 0 N–H and O–H groups in total. The van der Waals surface area contributed by atoms with Crippen molar-refractivity contribution in [3.05, 3.63) is 23.3 Å². The number of thiophene rings is 1. The van der Waals surface area contributed by atoms with Crippen LogP contribution in [0.2, 0.25) is 0 Å². The number of tetrazole rings is 1. The first kappa shape index (κ1) is 14.2. The molecule has 3 aromatic heterocycles. The van der Waals surface area contributed by atoms with Gasteiger partial charge in [-0.15, -0.1) is 26.6 Å². The molecule has 3 aromatic rings. The van der Waals surface area contributed by atoms with E-state index in [1.807, 2.05) is 33.8 Å². The first-order chi connectivity index (χ1) is 10.3. The lowest BCUT2D eigenvalue weighted by molar-refractivity contribution is 0.564. The minimum atomic E-state index is 0.684. The zero-order valence-corrected chi connectivity index (χ0v) is 13.4. The number of hydrogen-bond donors (Lipinski definition) is 0. The monoisotopic (exact) mass is 321 g/mol. The molecule has 0 unspecified atom stereocenters. The maximum absolute atomic E-state index is 4.26. The predicted octanol–water partition coefficient (Wildman–Crippen LogP) is 2.23. The molecule has 0 fully saturated rings. The lowest BCUT2D eigenvalue weighted by Crippen LogP contribution is -2.04.